The van der Waals surface area contributed by atoms with Crippen LogP contribution in [0.3, 0.4) is 0 Å². The Morgan fingerprint density at radius 3 is 2.95 bits per heavy atom. The Bertz CT molecular complexity index is 770. The number of benzene rings is 2. The highest BCUT2D eigenvalue weighted by Gasteiger charge is 2.21. The van der Waals surface area contributed by atoms with Crippen molar-refractivity contribution in [1.82, 2.24) is 4.98 Å². The molecule has 0 fully saturated rings. The highest BCUT2D eigenvalue weighted by molar-refractivity contribution is 5.93. The fraction of sp³-hybridized carbons (Fsp3) is 0.176. The number of nitrogens with one attached hydrogen (secondary N) is 1. The van der Waals surface area contributed by atoms with Gasteiger partial charge in [0.2, 0.25) is 0 Å². The highest BCUT2D eigenvalue weighted by atomic mass is 16.5. The van der Waals surface area contributed by atoms with Crippen LogP contribution in [0.4, 0.5) is 0 Å². The number of rotatable bonds is 1. The van der Waals surface area contributed by atoms with Gasteiger partial charge >= 0.3 is 0 Å². The molecule has 0 atom stereocenters. The second-order valence-corrected chi connectivity index (χ2v) is 5.00. The lowest BCUT2D eigenvalue weighted by molar-refractivity contribution is 0.303. The first kappa shape index (κ1) is 10.7. The SMILES string of the molecule is CCc1ccc2[nH]c3c(c2c1)COc1ccccc1-3. The van der Waals surface area contributed by atoms with Crippen molar-refractivity contribution in [3.63, 3.8) is 0 Å². The molecule has 2 heteroatoms. The van der Waals surface area contributed by atoms with Gasteiger partial charge < -0.3 is 9.72 Å². The lowest BCUT2D eigenvalue weighted by Crippen LogP contribution is -2.03. The summed E-state index contributed by atoms with van der Waals surface area (Å²) in [5.41, 5.74) is 6.22. The van der Waals surface area contributed by atoms with E-state index in [0.717, 1.165) is 17.7 Å². The Morgan fingerprint density at radius 1 is 1.16 bits per heavy atom. The Morgan fingerprint density at radius 2 is 2.05 bits per heavy atom. The van der Waals surface area contributed by atoms with Crippen LogP contribution in [-0.2, 0) is 13.0 Å². The lowest BCUT2D eigenvalue weighted by atomic mass is 10.0. The minimum absolute atomic E-state index is 0.652. The molecule has 0 unspecified atom stereocenters. The summed E-state index contributed by atoms with van der Waals surface area (Å²) in [5.74, 6) is 0.970. The van der Waals surface area contributed by atoms with E-state index < -0.39 is 0 Å². The number of hydrogen-bond acceptors (Lipinski definition) is 1. The van der Waals surface area contributed by atoms with Crippen molar-refractivity contribution in [2.45, 2.75) is 20.0 Å². The van der Waals surface area contributed by atoms with Crippen LogP contribution in [0.2, 0.25) is 0 Å². The van der Waals surface area contributed by atoms with Gasteiger partial charge in [-0.2, -0.15) is 0 Å². The van der Waals surface area contributed by atoms with Gasteiger partial charge in [0.05, 0.1) is 5.69 Å². The number of aromatic nitrogens is 1. The van der Waals surface area contributed by atoms with Gasteiger partial charge in [-0.05, 0) is 36.2 Å². The van der Waals surface area contributed by atoms with Crippen LogP contribution >= 0.6 is 0 Å². The Hall–Kier alpha value is -2.22. The van der Waals surface area contributed by atoms with Crippen LogP contribution in [0.15, 0.2) is 42.5 Å². The number of fused-ring (bicyclic) bond motifs is 5. The summed E-state index contributed by atoms with van der Waals surface area (Å²) < 4.78 is 5.87. The molecule has 0 saturated heterocycles. The maximum atomic E-state index is 5.87. The molecule has 1 N–H and O–H groups in total. The van der Waals surface area contributed by atoms with Gasteiger partial charge in [0.25, 0.3) is 0 Å². The van der Waals surface area contributed by atoms with Gasteiger partial charge in [0.1, 0.15) is 12.4 Å². The first-order valence-electron chi connectivity index (χ1n) is 6.72. The Labute approximate surface area is 112 Å². The molecule has 2 aromatic carbocycles. The minimum Gasteiger partial charge on any atom is -0.488 e. The number of aryl methyl sites for hydroxylation is 1. The van der Waals surface area contributed by atoms with E-state index in [4.69, 9.17) is 4.74 Å². The third-order valence-corrected chi connectivity index (χ3v) is 3.91. The molecule has 2 nitrogen and oxygen atoms in total. The normalized spacial score (nSPS) is 12.9. The third-order valence-electron chi connectivity index (χ3n) is 3.91. The molecule has 0 radical (unpaired) electrons. The van der Waals surface area contributed by atoms with Gasteiger partial charge in [0, 0.05) is 22.0 Å². The summed E-state index contributed by atoms with van der Waals surface area (Å²) in [6.07, 6.45) is 1.06. The summed E-state index contributed by atoms with van der Waals surface area (Å²) in [7, 11) is 0. The van der Waals surface area contributed by atoms with Gasteiger partial charge in [-0.1, -0.05) is 25.1 Å². The molecule has 0 aliphatic carbocycles. The maximum Gasteiger partial charge on any atom is 0.129 e. The molecule has 0 spiro atoms. The zero-order valence-electron chi connectivity index (χ0n) is 10.9. The standard InChI is InChI=1S/C17H15NO/c1-2-11-7-8-15-13(9-11)14-10-19-16-6-4-3-5-12(16)17(14)18-15/h3-9,18H,2,10H2,1H3. The van der Waals surface area contributed by atoms with Crippen molar-refractivity contribution < 1.29 is 4.74 Å². The zero-order valence-corrected chi connectivity index (χ0v) is 10.9. The molecule has 4 rings (SSSR count). The zero-order chi connectivity index (χ0) is 12.8. The molecule has 0 saturated carbocycles. The van der Waals surface area contributed by atoms with Gasteiger partial charge in [0.15, 0.2) is 0 Å². The van der Waals surface area contributed by atoms with Crippen molar-refractivity contribution in [3.8, 4) is 17.0 Å². The number of H-pyrrole nitrogens is 1. The second kappa shape index (κ2) is 3.89. The molecule has 1 aliphatic rings. The molecule has 3 aromatic rings. The number of aromatic amines is 1. The van der Waals surface area contributed by atoms with Crippen LogP contribution in [0, 0.1) is 0 Å². The Balaban J connectivity index is 2.02. The van der Waals surface area contributed by atoms with E-state index in [1.807, 2.05) is 12.1 Å². The van der Waals surface area contributed by atoms with Crippen LogP contribution < -0.4 is 4.74 Å². The summed E-state index contributed by atoms with van der Waals surface area (Å²) in [6.45, 7) is 2.84. The van der Waals surface area contributed by atoms with E-state index >= 15 is 0 Å². The molecule has 2 heterocycles. The van der Waals surface area contributed by atoms with Gasteiger partial charge in [-0.25, -0.2) is 0 Å². The second-order valence-electron chi connectivity index (χ2n) is 5.00. The predicted octanol–water partition coefficient (Wildman–Crippen LogP) is 4.29. The lowest BCUT2D eigenvalue weighted by Gasteiger charge is -2.17. The Kier molecular flexibility index (Phi) is 2.18. The summed E-state index contributed by atoms with van der Waals surface area (Å²) in [6, 6.07) is 14.9. The van der Waals surface area contributed by atoms with E-state index in [1.165, 1.54) is 27.7 Å². The van der Waals surface area contributed by atoms with Crippen molar-refractivity contribution in [1.29, 1.82) is 0 Å². The van der Waals surface area contributed by atoms with Crippen LogP contribution in [-0.4, -0.2) is 4.98 Å². The van der Waals surface area contributed by atoms with E-state index in [2.05, 4.69) is 42.2 Å². The summed E-state index contributed by atoms with van der Waals surface area (Å²) in [5, 5.41) is 1.30. The van der Waals surface area contributed by atoms with Crippen molar-refractivity contribution in [2.24, 2.45) is 0 Å². The first-order valence-corrected chi connectivity index (χ1v) is 6.72. The third kappa shape index (κ3) is 1.49. The van der Waals surface area contributed by atoms with Crippen LogP contribution in [0.1, 0.15) is 18.1 Å². The van der Waals surface area contributed by atoms with Crippen molar-refractivity contribution >= 4 is 10.9 Å². The fourth-order valence-corrected chi connectivity index (χ4v) is 2.84. The van der Waals surface area contributed by atoms with Crippen LogP contribution in [0.5, 0.6) is 5.75 Å². The van der Waals surface area contributed by atoms with Crippen molar-refractivity contribution in [2.75, 3.05) is 0 Å². The number of ether oxygens (including phenoxy) is 1. The molecule has 1 aliphatic heterocycles. The van der Waals surface area contributed by atoms with Crippen LogP contribution in [0.25, 0.3) is 22.2 Å². The van der Waals surface area contributed by atoms with E-state index in [0.29, 0.717) is 6.61 Å². The average Bonchev–Trinajstić information content (AvgIpc) is 2.85. The topological polar surface area (TPSA) is 25.0 Å². The fourth-order valence-electron chi connectivity index (χ4n) is 2.84. The average molecular weight is 249 g/mol. The maximum absolute atomic E-state index is 5.87. The quantitative estimate of drug-likeness (QED) is 0.683. The monoisotopic (exact) mass is 249 g/mol. The van der Waals surface area contributed by atoms with E-state index in [9.17, 15) is 0 Å². The molecular formula is C17H15NO. The number of hydrogen-bond donors (Lipinski definition) is 1. The molecule has 0 bridgehead atoms. The molecule has 19 heavy (non-hydrogen) atoms. The predicted molar refractivity (Wildman–Crippen MR) is 77.4 cm³/mol. The smallest absolute Gasteiger partial charge is 0.129 e. The number of para-hydroxylation sites is 1. The van der Waals surface area contributed by atoms with Crippen molar-refractivity contribution in [3.05, 3.63) is 53.6 Å². The van der Waals surface area contributed by atoms with E-state index in [1.54, 1.807) is 0 Å². The van der Waals surface area contributed by atoms with E-state index in [-0.39, 0.29) is 0 Å². The largest absolute Gasteiger partial charge is 0.488 e. The summed E-state index contributed by atoms with van der Waals surface area (Å²) in [4.78, 5) is 3.54. The first-order chi connectivity index (χ1) is 9.36. The summed E-state index contributed by atoms with van der Waals surface area (Å²) >= 11 is 0. The van der Waals surface area contributed by atoms with Gasteiger partial charge in [-0.15, -0.1) is 0 Å². The molecule has 94 valence electrons. The molecule has 0 amide bonds. The highest BCUT2D eigenvalue weighted by Crippen LogP contribution is 2.40. The molecular weight excluding hydrogens is 234 g/mol. The minimum atomic E-state index is 0.652. The van der Waals surface area contributed by atoms with Gasteiger partial charge in [-0.3, -0.25) is 0 Å². The molecule has 1 aromatic heterocycles.